The van der Waals surface area contributed by atoms with Crippen molar-refractivity contribution in [2.24, 2.45) is 0 Å². The predicted molar refractivity (Wildman–Crippen MR) is 81.1 cm³/mol. The molecule has 0 bridgehead atoms. The molecule has 0 aromatic carbocycles. The Kier molecular flexibility index (Phi) is 9.68. The number of carbonyl (C=O) groups excluding carboxylic acids is 1. The van der Waals surface area contributed by atoms with Crippen LogP contribution in [-0.2, 0) is 9.53 Å². The Morgan fingerprint density at radius 3 is 2.29 bits per heavy atom. The van der Waals surface area contributed by atoms with Crippen molar-refractivity contribution < 1.29 is 9.53 Å². The van der Waals surface area contributed by atoms with Crippen LogP contribution >= 0.6 is 36.1 Å². The summed E-state index contributed by atoms with van der Waals surface area (Å²) >= 11 is 8.64. The lowest BCUT2D eigenvalue weighted by molar-refractivity contribution is -0.138. The SMILES string of the molecule is C=C(C)C(=O)OCCC(=S)N(SCC)SCC. The van der Waals surface area contributed by atoms with Gasteiger partial charge in [0.15, 0.2) is 0 Å². The van der Waals surface area contributed by atoms with E-state index >= 15 is 0 Å². The summed E-state index contributed by atoms with van der Waals surface area (Å²) in [7, 11) is 0. The largest absolute Gasteiger partial charge is 0.462 e. The lowest BCUT2D eigenvalue weighted by Gasteiger charge is -2.20. The van der Waals surface area contributed by atoms with Crippen LogP contribution in [0, 0.1) is 0 Å². The Hall–Kier alpha value is -0.200. The van der Waals surface area contributed by atoms with Crippen LogP contribution < -0.4 is 0 Å². The molecule has 0 aromatic heterocycles. The van der Waals surface area contributed by atoms with Gasteiger partial charge in [0.25, 0.3) is 0 Å². The molecule has 0 heterocycles. The number of nitrogens with zero attached hydrogens (tertiary/aromatic N) is 1. The maximum Gasteiger partial charge on any atom is 0.333 e. The fourth-order valence-electron chi connectivity index (χ4n) is 0.861. The number of thiocarbonyl (C=S) groups is 1. The zero-order valence-electron chi connectivity index (χ0n) is 10.5. The van der Waals surface area contributed by atoms with E-state index in [4.69, 9.17) is 17.0 Å². The summed E-state index contributed by atoms with van der Waals surface area (Å²) in [6.45, 7) is 9.63. The third-order valence-corrected chi connectivity index (χ3v) is 4.27. The molecular formula is C11H19NO2S3. The summed E-state index contributed by atoms with van der Waals surface area (Å²) in [4.78, 5) is 12.0. The third kappa shape index (κ3) is 7.68. The molecule has 0 aromatic rings. The molecule has 0 aliphatic carbocycles. The zero-order valence-corrected chi connectivity index (χ0v) is 13.0. The number of ether oxygens (including phenoxy) is 1. The van der Waals surface area contributed by atoms with Gasteiger partial charge >= 0.3 is 5.97 Å². The summed E-state index contributed by atoms with van der Waals surface area (Å²) in [6.07, 6.45) is 0.578. The standard InChI is InChI=1S/C11H19NO2S3/c1-5-16-12(17-6-2)10(15)7-8-14-11(13)9(3)4/h3,5-8H2,1-2,4H3. The van der Waals surface area contributed by atoms with E-state index in [0.717, 1.165) is 16.5 Å². The highest BCUT2D eigenvalue weighted by Gasteiger charge is 2.11. The van der Waals surface area contributed by atoms with Crippen LogP contribution in [0.5, 0.6) is 0 Å². The smallest absolute Gasteiger partial charge is 0.333 e. The van der Waals surface area contributed by atoms with E-state index < -0.39 is 0 Å². The minimum absolute atomic E-state index is 0.315. The third-order valence-electron chi connectivity index (χ3n) is 1.59. The normalized spacial score (nSPS) is 9.82. The molecule has 0 rings (SSSR count). The van der Waals surface area contributed by atoms with E-state index in [-0.39, 0.29) is 5.97 Å². The van der Waals surface area contributed by atoms with Gasteiger partial charge in [-0.1, -0.05) is 32.6 Å². The van der Waals surface area contributed by atoms with Crippen molar-refractivity contribution in [3.63, 3.8) is 0 Å². The predicted octanol–water partition coefficient (Wildman–Crippen LogP) is 3.46. The first-order valence-corrected chi connectivity index (χ1v) is 7.73. The van der Waals surface area contributed by atoms with E-state index in [1.807, 2.05) is 3.71 Å². The summed E-state index contributed by atoms with van der Waals surface area (Å²) in [5, 5.41) is 0. The molecule has 0 saturated carbocycles. The molecule has 0 radical (unpaired) electrons. The monoisotopic (exact) mass is 293 g/mol. The van der Waals surface area contributed by atoms with Gasteiger partial charge in [-0.15, -0.1) is 0 Å². The Bertz CT molecular complexity index is 276. The van der Waals surface area contributed by atoms with Crippen molar-refractivity contribution >= 4 is 47.1 Å². The molecule has 0 N–H and O–H groups in total. The van der Waals surface area contributed by atoms with Crippen molar-refractivity contribution in [1.29, 1.82) is 0 Å². The van der Waals surface area contributed by atoms with Gasteiger partial charge < -0.3 is 4.74 Å². The Balaban J connectivity index is 3.97. The van der Waals surface area contributed by atoms with E-state index in [9.17, 15) is 4.79 Å². The number of carbonyl (C=O) groups is 1. The van der Waals surface area contributed by atoms with Crippen LogP contribution in [0.25, 0.3) is 0 Å². The second-order valence-electron chi connectivity index (χ2n) is 3.15. The van der Waals surface area contributed by atoms with Crippen LogP contribution in [0.1, 0.15) is 27.2 Å². The maximum atomic E-state index is 11.2. The molecule has 0 unspecified atom stereocenters. The average Bonchev–Trinajstić information content (AvgIpc) is 2.28. The molecule has 0 saturated heterocycles. The van der Waals surface area contributed by atoms with Gasteiger partial charge in [-0.25, -0.2) is 4.79 Å². The van der Waals surface area contributed by atoms with Crippen molar-refractivity contribution in [3.8, 4) is 0 Å². The number of hydrogen-bond acceptors (Lipinski definition) is 5. The molecule has 0 amide bonds. The highest BCUT2D eigenvalue weighted by atomic mass is 32.2. The van der Waals surface area contributed by atoms with Gasteiger partial charge in [0.2, 0.25) is 0 Å². The first kappa shape index (κ1) is 16.8. The summed E-state index contributed by atoms with van der Waals surface area (Å²) < 4.78 is 7.03. The first-order valence-electron chi connectivity index (χ1n) is 5.44. The fourth-order valence-corrected chi connectivity index (χ4v) is 3.13. The van der Waals surface area contributed by atoms with E-state index in [2.05, 4.69) is 20.4 Å². The molecule has 0 aliphatic heterocycles. The molecule has 3 nitrogen and oxygen atoms in total. The quantitative estimate of drug-likeness (QED) is 0.295. The van der Waals surface area contributed by atoms with E-state index in [0.29, 0.717) is 18.6 Å². The molecule has 0 atom stereocenters. The lowest BCUT2D eigenvalue weighted by atomic mass is 10.4. The van der Waals surface area contributed by atoms with Crippen LogP contribution in [0.4, 0.5) is 0 Å². The number of esters is 1. The van der Waals surface area contributed by atoms with Gasteiger partial charge in [0.05, 0.1) is 6.61 Å². The fraction of sp³-hybridized carbons (Fsp3) is 0.636. The summed E-state index contributed by atoms with van der Waals surface area (Å²) in [6, 6.07) is 0. The Morgan fingerprint density at radius 1 is 1.35 bits per heavy atom. The van der Waals surface area contributed by atoms with Gasteiger partial charge in [-0.2, -0.15) is 0 Å². The number of hydrogen-bond donors (Lipinski definition) is 0. The Morgan fingerprint density at radius 2 is 1.88 bits per heavy atom. The second-order valence-corrected chi connectivity index (χ2v) is 6.26. The number of rotatable bonds is 8. The molecule has 17 heavy (non-hydrogen) atoms. The van der Waals surface area contributed by atoms with Gasteiger partial charge in [-0.3, -0.25) is 3.71 Å². The van der Waals surface area contributed by atoms with Crippen LogP contribution in [0.3, 0.4) is 0 Å². The minimum Gasteiger partial charge on any atom is -0.462 e. The van der Waals surface area contributed by atoms with Crippen molar-refractivity contribution in [3.05, 3.63) is 12.2 Å². The molecule has 0 spiro atoms. The molecular weight excluding hydrogens is 274 g/mol. The van der Waals surface area contributed by atoms with E-state index in [1.54, 1.807) is 30.8 Å². The van der Waals surface area contributed by atoms with Crippen LogP contribution in [0.2, 0.25) is 0 Å². The van der Waals surface area contributed by atoms with Crippen molar-refractivity contribution in [2.75, 3.05) is 18.1 Å². The van der Waals surface area contributed by atoms with Gasteiger partial charge in [0.1, 0.15) is 4.99 Å². The Labute approximate surface area is 118 Å². The van der Waals surface area contributed by atoms with Crippen LogP contribution in [0.15, 0.2) is 12.2 Å². The lowest BCUT2D eigenvalue weighted by Crippen LogP contribution is -2.19. The maximum absolute atomic E-state index is 11.2. The van der Waals surface area contributed by atoms with Gasteiger partial charge in [-0.05, 0) is 30.8 Å². The molecule has 98 valence electrons. The first-order chi connectivity index (χ1) is 8.02. The molecule has 0 fully saturated rings. The highest BCUT2D eigenvalue weighted by Crippen LogP contribution is 2.23. The van der Waals surface area contributed by atoms with Crippen LogP contribution in [-0.4, -0.2) is 32.8 Å². The van der Waals surface area contributed by atoms with Crippen molar-refractivity contribution in [2.45, 2.75) is 27.2 Å². The second kappa shape index (κ2) is 9.79. The average molecular weight is 293 g/mol. The highest BCUT2D eigenvalue weighted by molar-refractivity contribution is 8.13. The van der Waals surface area contributed by atoms with Crippen molar-refractivity contribution in [1.82, 2.24) is 3.71 Å². The minimum atomic E-state index is -0.356. The topological polar surface area (TPSA) is 29.5 Å². The van der Waals surface area contributed by atoms with Gasteiger partial charge in [0, 0.05) is 23.5 Å². The summed E-state index contributed by atoms with van der Waals surface area (Å²) in [5.41, 5.74) is 0.415. The zero-order chi connectivity index (χ0) is 13.3. The molecule has 0 aliphatic rings. The van der Waals surface area contributed by atoms with E-state index in [1.165, 1.54) is 0 Å². The molecule has 6 heteroatoms. The summed E-state index contributed by atoms with van der Waals surface area (Å²) in [5.74, 6) is 1.59.